The number of rotatable bonds is 22. The van der Waals surface area contributed by atoms with Crippen molar-refractivity contribution in [2.24, 2.45) is 22.9 Å². The molecule has 63 heavy (non-hydrogen) atoms. The van der Waals surface area contributed by atoms with Crippen molar-refractivity contribution < 1.29 is 39.5 Å². The Morgan fingerprint density at radius 2 is 0.984 bits per heavy atom. The van der Waals surface area contributed by atoms with Crippen LogP contribution in [-0.4, -0.2) is 136 Å². The lowest BCUT2D eigenvalue weighted by molar-refractivity contribution is -0.127. The third-order valence-electron chi connectivity index (χ3n) is 11.6. The van der Waals surface area contributed by atoms with Crippen molar-refractivity contribution >= 4 is 23.2 Å². The lowest BCUT2D eigenvalue weighted by Gasteiger charge is -2.39. The molecule has 2 fully saturated rings. The Hall–Kier alpha value is -4.74. The Labute approximate surface area is 366 Å². The number of nitrogens with zero attached hydrogens (tertiary/aromatic N) is 6. The molecule has 14 N–H and O–H groups in total. The summed E-state index contributed by atoms with van der Waals surface area (Å²) >= 11 is 0. The molecule has 6 rings (SSSR count). The molecule has 20 nitrogen and oxygen atoms in total. The molecule has 2 aliphatic rings. The van der Waals surface area contributed by atoms with E-state index in [1.807, 2.05) is 60.9 Å². The zero-order valence-corrected chi connectivity index (χ0v) is 35.6. The number of unbranched alkanes of at least 4 members (excludes halogenated alkanes) is 2. The Morgan fingerprint density at radius 1 is 0.587 bits per heavy atom. The van der Waals surface area contributed by atoms with Crippen LogP contribution in [0.3, 0.4) is 0 Å². The maximum absolute atomic E-state index is 12.7. The van der Waals surface area contributed by atoms with Crippen LogP contribution in [0.2, 0.25) is 0 Å². The first-order valence-corrected chi connectivity index (χ1v) is 21.9. The summed E-state index contributed by atoms with van der Waals surface area (Å²) in [5, 5.41) is 63.1. The molecule has 4 aromatic rings. The van der Waals surface area contributed by atoms with Crippen molar-refractivity contribution in [1.29, 1.82) is 0 Å². The molecule has 0 unspecified atom stereocenters. The molecule has 2 heterocycles. The van der Waals surface area contributed by atoms with Crippen LogP contribution >= 0.6 is 0 Å². The highest BCUT2D eigenvalue weighted by Gasteiger charge is 2.42. The first-order chi connectivity index (χ1) is 30.3. The third-order valence-corrected chi connectivity index (χ3v) is 11.6. The normalized spacial score (nSPS) is 26.1. The minimum Gasteiger partial charge on any atom is -0.389 e. The lowest BCUT2D eigenvalue weighted by atomic mass is 9.85. The Bertz CT molecular complexity index is 1880. The van der Waals surface area contributed by atoms with Gasteiger partial charge in [0, 0.05) is 74.0 Å². The molecule has 2 aromatic heterocycles. The van der Waals surface area contributed by atoms with E-state index in [-0.39, 0.29) is 24.7 Å². The summed E-state index contributed by atoms with van der Waals surface area (Å²) in [7, 11) is 0. The number of nitrogens with one attached hydrogen (secondary N) is 2. The van der Waals surface area contributed by atoms with E-state index in [2.05, 4.69) is 31.3 Å². The van der Waals surface area contributed by atoms with Gasteiger partial charge in [-0.2, -0.15) is 0 Å². The molecule has 0 saturated heterocycles. The van der Waals surface area contributed by atoms with E-state index in [9.17, 15) is 30.0 Å². The van der Waals surface area contributed by atoms with Crippen molar-refractivity contribution in [3.63, 3.8) is 0 Å². The molecule has 2 saturated carbocycles. The summed E-state index contributed by atoms with van der Waals surface area (Å²) in [6.45, 7) is 1.54. The number of aryl methyl sites for hydroxylation is 4. The van der Waals surface area contributed by atoms with Crippen LogP contribution in [0.1, 0.15) is 73.9 Å². The number of nitrogens with two attached hydrogens (primary N) is 4. The molecule has 2 aromatic carbocycles. The van der Waals surface area contributed by atoms with Gasteiger partial charge in [0.1, 0.15) is 24.4 Å². The van der Waals surface area contributed by atoms with Gasteiger partial charge in [-0.1, -0.05) is 34.7 Å². The Kier molecular flexibility index (Phi) is 17.6. The number of aliphatic hydroxyl groups excluding tert-OH is 4. The van der Waals surface area contributed by atoms with Gasteiger partial charge < -0.3 is 63.5 Å². The largest absolute Gasteiger partial charge is 0.389 e. The van der Waals surface area contributed by atoms with E-state index in [4.69, 9.17) is 32.4 Å². The topological polar surface area (TPSA) is 323 Å². The summed E-state index contributed by atoms with van der Waals surface area (Å²) in [6, 6.07) is 13.4. The third kappa shape index (κ3) is 14.1. The second-order valence-electron chi connectivity index (χ2n) is 16.8. The van der Waals surface area contributed by atoms with Crippen LogP contribution in [0.15, 0.2) is 60.9 Å². The second-order valence-corrected chi connectivity index (χ2v) is 16.8. The Balaban J connectivity index is 0.814. The van der Waals surface area contributed by atoms with Crippen molar-refractivity contribution in [2.45, 2.75) is 145 Å². The van der Waals surface area contributed by atoms with Gasteiger partial charge in [-0.3, -0.25) is 19.0 Å². The van der Waals surface area contributed by atoms with Crippen LogP contribution < -0.4 is 33.6 Å². The molecule has 2 aliphatic carbocycles. The number of aromatic nitrogens is 6. The number of benzene rings is 2. The smallest absolute Gasteiger partial charge is 0.226 e. The molecule has 20 heteroatoms. The predicted octanol–water partition coefficient (Wildman–Crippen LogP) is -0.506. The van der Waals surface area contributed by atoms with Crippen LogP contribution in [0.25, 0.3) is 0 Å². The van der Waals surface area contributed by atoms with Crippen molar-refractivity contribution in [3.8, 4) is 0 Å². The van der Waals surface area contributed by atoms with Gasteiger partial charge in [-0.15, -0.1) is 10.2 Å². The number of carbonyl (C=O) groups is 2. The predicted molar refractivity (Wildman–Crippen MR) is 233 cm³/mol. The number of ether oxygens (including phenoxy) is 2. The standard InChI is InChI=1S/C43H64N12O8/c44-32-22-34(46)42(40(60)38(32)58)62-19-3-1-5-30-24-54(52-50-30)17-15-36(56)48-28-11-7-26(8-12-28)21-27-9-13-29(14-10-27)49-37(57)16-18-55-25-31(51-53-55)6-2-4-20-63-43-35(47)23-33(45)39(59)41(43)61/h7-14,24-25,32-35,38-43,58-61H,1-6,15-23,44-47H2,(H,48,56)(H,49,57)/t32-,33-,34+,35+,38+,39+,40-,41-,42-,43-/m1/s1. The lowest BCUT2D eigenvalue weighted by Crippen LogP contribution is -2.62. The van der Waals surface area contributed by atoms with E-state index in [0.717, 1.165) is 35.4 Å². The highest BCUT2D eigenvalue weighted by Crippen LogP contribution is 2.23. The quantitative estimate of drug-likeness (QED) is 0.0445. The molecule has 2 amide bonds. The maximum Gasteiger partial charge on any atom is 0.226 e. The van der Waals surface area contributed by atoms with Gasteiger partial charge in [0.05, 0.1) is 36.7 Å². The van der Waals surface area contributed by atoms with E-state index in [1.165, 1.54) is 0 Å². The fourth-order valence-electron chi connectivity index (χ4n) is 7.93. The first-order valence-electron chi connectivity index (χ1n) is 21.9. The maximum atomic E-state index is 12.7. The van der Waals surface area contributed by atoms with Gasteiger partial charge in [0.2, 0.25) is 11.8 Å². The Morgan fingerprint density at radius 3 is 1.38 bits per heavy atom. The first kappa shape index (κ1) is 47.7. The van der Waals surface area contributed by atoms with Crippen LogP contribution in [0, 0.1) is 0 Å². The molecule has 10 atom stereocenters. The minimum absolute atomic E-state index is 0.137. The van der Waals surface area contributed by atoms with Crippen LogP contribution in [-0.2, 0) is 51.4 Å². The summed E-state index contributed by atoms with van der Waals surface area (Å²) < 4.78 is 14.8. The molecular weight excluding hydrogens is 813 g/mol. The van der Waals surface area contributed by atoms with Crippen molar-refractivity contribution in [1.82, 2.24) is 30.0 Å². The van der Waals surface area contributed by atoms with E-state index < -0.39 is 60.8 Å². The number of carbonyl (C=O) groups excluding carboxylic acids is 2. The van der Waals surface area contributed by atoms with Gasteiger partial charge in [-0.05, 0) is 93.2 Å². The fourth-order valence-corrected chi connectivity index (χ4v) is 7.93. The monoisotopic (exact) mass is 876 g/mol. The van der Waals surface area contributed by atoms with E-state index in [1.54, 1.807) is 9.36 Å². The molecule has 0 aliphatic heterocycles. The zero-order valence-electron chi connectivity index (χ0n) is 35.6. The number of anilines is 2. The van der Waals surface area contributed by atoms with Crippen molar-refractivity contribution in [3.05, 3.63) is 83.4 Å². The SMILES string of the molecule is N[C@@H]1C[C@H](N)[C@@H](OCCCCc2cn(CCC(=O)Nc3ccc(Cc4ccc(NC(=O)CCn5cc(CCCCO[C@H]6[C@H](O)[C@@H](O)[C@H](N)C[C@@H]6N)nn5)cc4)cc3)nn2)[C@H](O)[C@H]1O. The van der Waals surface area contributed by atoms with Gasteiger partial charge >= 0.3 is 0 Å². The van der Waals surface area contributed by atoms with Crippen molar-refractivity contribution in [2.75, 3.05) is 23.8 Å². The average molecular weight is 877 g/mol. The fraction of sp³-hybridized carbons (Fsp3) is 0.581. The molecule has 0 bridgehead atoms. The second kappa shape index (κ2) is 23.3. The molecular formula is C43H64N12O8. The average Bonchev–Trinajstić information content (AvgIpc) is 3.93. The molecule has 0 radical (unpaired) electrons. The number of aliphatic hydroxyl groups is 4. The number of hydrogen-bond donors (Lipinski definition) is 10. The van der Waals surface area contributed by atoms with Gasteiger partial charge in [0.25, 0.3) is 0 Å². The molecule has 0 spiro atoms. The van der Waals surface area contributed by atoms with E-state index >= 15 is 0 Å². The zero-order chi connectivity index (χ0) is 44.9. The van der Waals surface area contributed by atoms with Gasteiger partial charge in [-0.25, -0.2) is 0 Å². The number of hydrogen-bond acceptors (Lipinski definition) is 16. The highest BCUT2D eigenvalue weighted by atomic mass is 16.5. The summed E-state index contributed by atoms with van der Waals surface area (Å²) in [5.74, 6) is -0.274. The number of amides is 2. The minimum atomic E-state index is -1.11. The van der Waals surface area contributed by atoms with E-state index in [0.29, 0.717) is 82.6 Å². The van der Waals surface area contributed by atoms with Crippen LogP contribution in [0.4, 0.5) is 11.4 Å². The highest BCUT2D eigenvalue weighted by molar-refractivity contribution is 5.91. The summed E-state index contributed by atoms with van der Waals surface area (Å²) in [5.41, 5.74) is 28.9. The molecule has 344 valence electrons. The summed E-state index contributed by atoms with van der Waals surface area (Å²) in [4.78, 5) is 25.4. The van der Waals surface area contributed by atoms with Gasteiger partial charge in [0.15, 0.2) is 0 Å². The summed E-state index contributed by atoms with van der Waals surface area (Å²) in [6.07, 6.45) is 4.31. The van der Waals surface area contributed by atoms with Crippen LogP contribution in [0.5, 0.6) is 0 Å².